The lowest BCUT2D eigenvalue weighted by Gasteiger charge is -2.34. The Morgan fingerprint density at radius 1 is 1.19 bits per heavy atom. The summed E-state index contributed by atoms with van der Waals surface area (Å²) >= 11 is 4.34. The smallest absolute Gasteiger partial charge is 0.336 e. The van der Waals surface area contributed by atoms with Crippen molar-refractivity contribution < 1.29 is 22.7 Å². The second kappa shape index (κ2) is 11.4. The van der Waals surface area contributed by atoms with Gasteiger partial charge in [-0.15, -0.1) is 0 Å². The number of nitrogens with one attached hydrogen (secondary N) is 1. The summed E-state index contributed by atoms with van der Waals surface area (Å²) in [5, 5.41) is 2.77. The normalized spacial score (nSPS) is 15.8. The number of anilines is 3. The van der Waals surface area contributed by atoms with Crippen molar-refractivity contribution in [3.63, 3.8) is 0 Å². The molecule has 3 aromatic rings. The van der Waals surface area contributed by atoms with Crippen LogP contribution in [-0.4, -0.2) is 63.6 Å². The van der Waals surface area contributed by atoms with Crippen molar-refractivity contribution in [2.45, 2.75) is 18.7 Å². The number of hydrogen-bond donors (Lipinski definition) is 2. The van der Waals surface area contributed by atoms with E-state index in [1.807, 2.05) is 6.92 Å². The topological polar surface area (TPSA) is 114 Å². The Bertz CT molecular complexity index is 1350. The van der Waals surface area contributed by atoms with Crippen molar-refractivity contribution >= 4 is 45.9 Å². The molecule has 0 bridgehead atoms. The molecule has 37 heavy (non-hydrogen) atoms. The molecule has 1 saturated heterocycles. The Hall–Kier alpha value is -3.35. The first-order chi connectivity index (χ1) is 17.6. The lowest BCUT2D eigenvalue weighted by atomic mass is 10.2. The predicted molar refractivity (Wildman–Crippen MR) is 147 cm³/mol. The van der Waals surface area contributed by atoms with Crippen molar-refractivity contribution in [1.29, 1.82) is 0 Å². The first-order valence-corrected chi connectivity index (χ1v) is 14.0. The Morgan fingerprint density at radius 2 is 1.89 bits per heavy atom. The van der Waals surface area contributed by atoms with Gasteiger partial charge in [0, 0.05) is 30.1 Å². The number of rotatable bonds is 7. The maximum atomic E-state index is 12.7. The zero-order chi connectivity index (χ0) is 26.6. The van der Waals surface area contributed by atoms with Gasteiger partial charge >= 0.3 is 6.03 Å². The van der Waals surface area contributed by atoms with Gasteiger partial charge in [-0.05, 0) is 55.5 Å². The van der Waals surface area contributed by atoms with Crippen LogP contribution in [0.4, 0.5) is 22.0 Å². The molecule has 0 radical (unpaired) electrons. The summed E-state index contributed by atoms with van der Waals surface area (Å²) in [5.74, 6) is 1.54. The number of thiol groups is 1. The number of hydrogen-bond acceptors (Lipinski definition) is 9. The molecular weight excluding hydrogens is 514 g/mol. The molecule has 0 aliphatic carbocycles. The first-order valence-electron chi connectivity index (χ1n) is 11.6. The number of ether oxygens (including phenoxy) is 2. The molecule has 4 rings (SSSR count). The molecule has 2 heterocycles. The molecule has 1 aromatic heterocycles. The fraction of sp³-hybridized carbons (Fsp3) is 0.320. The lowest BCUT2D eigenvalue weighted by molar-refractivity contribution is 0.0985. The number of methoxy groups -OCH3 is 1. The number of carbonyl (C=O) groups is 1. The minimum atomic E-state index is -3.30. The lowest BCUT2D eigenvalue weighted by Crippen LogP contribution is -2.44. The minimum absolute atomic E-state index is 0.0897. The molecular formula is C25H29N5O5S2. The van der Waals surface area contributed by atoms with E-state index in [9.17, 15) is 13.2 Å². The van der Waals surface area contributed by atoms with Gasteiger partial charge in [0.25, 0.3) is 0 Å². The van der Waals surface area contributed by atoms with Crippen LogP contribution in [0.3, 0.4) is 0 Å². The summed E-state index contributed by atoms with van der Waals surface area (Å²) in [4.78, 5) is 24.0. The van der Waals surface area contributed by atoms with Crippen molar-refractivity contribution in [1.82, 2.24) is 9.97 Å². The maximum Gasteiger partial charge on any atom is 0.336 e. The summed E-state index contributed by atoms with van der Waals surface area (Å²) in [6.07, 6.45) is 1.18. The monoisotopic (exact) mass is 543 g/mol. The van der Waals surface area contributed by atoms with Gasteiger partial charge in [0.2, 0.25) is 0 Å². The zero-order valence-corrected chi connectivity index (χ0v) is 22.5. The predicted octanol–water partition coefficient (Wildman–Crippen LogP) is 3.81. The van der Waals surface area contributed by atoms with Crippen molar-refractivity contribution in [2.24, 2.45) is 0 Å². The van der Waals surface area contributed by atoms with Crippen LogP contribution >= 0.6 is 12.8 Å². The SMILES string of the molecule is COc1ccc(NC(=O)N(S)c2ccc(-c3nc(CS(C)(=O)=O)cc(N4CCOC[C@@H]4C)n3)cc2)cc1. The third kappa shape index (κ3) is 6.90. The zero-order valence-electron chi connectivity index (χ0n) is 20.8. The van der Waals surface area contributed by atoms with E-state index in [4.69, 9.17) is 14.5 Å². The Morgan fingerprint density at radius 3 is 2.51 bits per heavy atom. The summed E-state index contributed by atoms with van der Waals surface area (Å²) in [6.45, 7) is 3.80. The molecule has 196 valence electrons. The van der Waals surface area contributed by atoms with Crippen LogP contribution in [0.1, 0.15) is 12.6 Å². The van der Waals surface area contributed by atoms with E-state index in [1.54, 1.807) is 61.7 Å². The third-order valence-corrected chi connectivity index (χ3v) is 6.97. The molecule has 1 fully saturated rings. The highest BCUT2D eigenvalue weighted by atomic mass is 32.2. The number of amides is 2. The minimum Gasteiger partial charge on any atom is -0.497 e. The fourth-order valence-electron chi connectivity index (χ4n) is 3.89. The molecule has 1 aliphatic rings. The molecule has 2 amide bonds. The van der Waals surface area contributed by atoms with Crippen LogP contribution in [0.25, 0.3) is 11.4 Å². The second-order valence-electron chi connectivity index (χ2n) is 8.75. The molecule has 0 unspecified atom stereocenters. The van der Waals surface area contributed by atoms with Gasteiger partial charge in [0.05, 0.1) is 43.5 Å². The number of urea groups is 1. The van der Waals surface area contributed by atoms with Gasteiger partial charge in [-0.25, -0.2) is 27.5 Å². The molecule has 12 heteroatoms. The van der Waals surface area contributed by atoms with E-state index in [0.29, 0.717) is 59.8 Å². The Kier molecular flexibility index (Phi) is 8.20. The average Bonchev–Trinajstić information content (AvgIpc) is 2.88. The number of carbonyl (C=O) groups excluding carboxylic acids is 1. The largest absolute Gasteiger partial charge is 0.497 e. The van der Waals surface area contributed by atoms with E-state index in [2.05, 4.69) is 28.0 Å². The van der Waals surface area contributed by atoms with Crippen molar-refractivity contribution in [2.75, 3.05) is 47.6 Å². The molecule has 0 saturated carbocycles. The Labute approximate surface area is 222 Å². The quantitative estimate of drug-likeness (QED) is 0.433. The van der Waals surface area contributed by atoms with Gasteiger partial charge < -0.3 is 19.7 Å². The molecule has 0 spiro atoms. The maximum absolute atomic E-state index is 12.7. The number of benzene rings is 2. The van der Waals surface area contributed by atoms with Gasteiger partial charge in [0.15, 0.2) is 15.7 Å². The van der Waals surface area contributed by atoms with Crippen molar-refractivity contribution in [3.8, 4) is 17.1 Å². The highest BCUT2D eigenvalue weighted by molar-refractivity contribution is 7.89. The van der Waals surface area contributed by atoms with Gasteiger partial charge in [-0.1, -0.05) is 12.8 Å². The van der Waals surface area contributed by atoms with Crippen LogP contribution in [0.15, 0.2) is 54.6 Å². The standard InChI is InChI=1S/C25H29N5O5S2/c1-17-15-35-13-12-29(17)23-14-20(16-37(3,32)33)26-24(28-23)18-4-8-21(9-5-18)30(36)25(31)27-19-6-10-22(34-2)11-7-19/h4-11,14,17,36H,12-13,15-16H2,1-3H3,(H,27,31)/t17-/m0/s1. The number of nitrogens with zero attached hydrogens (tertiary/aromatic N) is 4. The summed E-state index contributed by atoms with van der Waals surface area (Å²) < 4.78 is 35.8. The second-order valence-corrected chi connectivity index (χ2v) is 11.3. The Balaban J connectivity index is 1.56. The molecule has 2 aromatic carbocycles. The van der Waals surface area contributed by atoms with E-state index < -0.39 is 15.9 Å². The van der Waals surface area contributed by atoms with E-state index >= 15 is 0 Å². The molecule has 1 atom stereocenters. The van der Waals surface area contributed by atoms with Crippen molar-refractivity contribution in [3.05, 3.63) is 60.3 Å². The van der Waals surface area contributed by atoms with Gasteiger partial charge in [-0.3, -0.25) is 0 Å². The van der Waals surface area contributed by atoms with Gasteiger partial charge in [0.1, 0.15) is 11.6 Å². The van der Waals surface area contributed by atoms with Crippen LogP contribution in [0.5, 0.6) is 5.75 Å². The van der Waals surface area contributed by atoms with Crippen LogP contribution in [0.2, 0.25) is 0 Å². The molecule has 1 aliphatic heterocycles. The fourth-order valence-corrected chi connectivity index (χ4v) is 4.76. The number of morpholine rings is 1. The summed E-state index contributed by atoms with van der Waals surface area (Å²) in [5.41, 5.74) is 2.23. The summed E-state index contributed by atoms with van der Waals surface area (Å²) in [7, 11) is -1.72. The van der Waals surface area contributed by atoms with Crippen LogP contribution in [0, 0.1) is 0 Å². The van der Waals surface area contributed by atoms with Crippen LogP contribution in [-0.2, 0) is 20.3 Å². The van der Waals surface area contributed by atoms with E-state index in [-0.39, 0.29) is 11.8 Å². The van der Waals surface area contributed by atoms with E-state index in [0.717, 1.165) is 0 Å². The first kappa shape index (κ1) is 26.7. The molecule has 10 nitrogen and oxygen atoms in total. The summed E-state index contributed by atoms with van der Waals surface area (Å²) in [6, 6.07) is 15.3. The highest BCUT2D eigenvalue weighted by Gasteiger charge is 2.23. The number of sulfone groups is 1. The third-order valence-electron chi connectivity index (χ3n) is 5.74. The average molecular weight is 544 g/mol. The van der Waals surface area contributed by atoms with E-state index in [1.165, 1.54) is 10.6 Å². The van der Waals surface area contributed by atoms with Crippen LogP contribution < -0.4 is 19.3 Å². The highest BCUT2D eigenvalue weighted by Crippen LogP contribution is 2.27. The number of aromatic nitrogens is 2. The van der Waals surface area contributed by atoms with Gasteiger partial charge in [-0.2, -0.15) is 0 Å². The molecule has 1 N–H and O–H groups in total.